The molecule has 76 valence electrons. The molecule has 0 aromatic rings. The Bertz CT molecular complexity index is 120. The molecule has 0 saturated heterocycles. The first-order valence-corrected chi connectivity index (χ1v) is 4.14. The van der Waals surface area contributed by atoms with Crippen LogP contribution in [0.1, 0.15) is 40.5 Å². The van der Waals surface area contributed by atoms with Gasteiger partial charge in [0, 0.05) is 0 Å². The summed E-state index contributed by atoms with van der Waals surface area (Å²) in [5, 5.41) is 11.4. The van der Waals surface area contributed by atoms with Crippen LogP contribution in [0.15, 0.2) is 0 Å². The van der Waals surface area contributed by atoms with Crippen molar-refractivity contribution in [1.29, 1.82) is 0 Å². The molecule has 3 nitrogen and oxygen atoms in total. The summed E-state index contributed by atoms with van der Waals surface area (Å²) in [5.41, 5.74) is 0. The third-order valence-electron chi connectivity index (χ3n) is 1.60. The van der Waals surface area contributed by atoms with Crippen LogP contribution in [0.25, 0.3) is 0 Å². The van der Waals surface area contributed by atoms with Crippen LogP contribution in [-0.2, 0) is 4.79 Å². The summed E-state index contributed by atoms with van der Waals surface area (Å²) >= 11 is 0. The Balaban J connectivity index is -0.000000500. The molecule has 0 radical (unpaired) electrons. The molecule has 0 aromatic heterocycles. The minimum absolute atomic E-state index is 0. The molecule has 0 aliphatic rings. The summed E-state index contributed by atoms with van der Waals surface area (Å²) in [6.45, 7) is 4.59. The number of hydrogen-bond acceptors (Lipinski definition) is 2. The number of nitrogens with one attached hydrogen (secondary N) is 1. The van der Waals surface area contributed by atoms with Crippen molar-refractivity contribution in [2.24, 2.45) is 0 Å². The van der Waals surface area contributed by atoms with E-state index >= 15 is 0 Å². The van der Waals surface area contributed by atoms with E-state index in [1.165, 1.54) is 12.8 Å². The fraction of sp³-hybridized carbons (Fsp3) is 0.889. The molecule has 4 heteroatoms. The molecule has 0 aliphatic heterocycles. The number of unbranched alkanes of at least 4 members (excludes halogenated alkanes) is 2. The quantitative estimate of drug-likeness (QED) is 0.499. The van der Waals surface area contributed by atoms with E-state index in [0.29, 0.717) is 0 Å². The number of carboxylic acid groups (broad SMARTS) is 1. The molecule has 0 fully saturated rings. The van der Waals surface area contributed by atoms with Gasteiger partial charge < -0.3 is 10.4 Å². The van der Waals surface area contributed by atoms with E-state index in [0.717, 1.165) is 13.0 Å². The van der Waals surface area contributed by atoms with Crippen LogP contribution in [0.5, 0.6) is 0 Å². The van der Waals surface area contributed by atoms with Crippen LogP contribution in [0.4, 0.5) is 0 Å². The van der Waals surface area contributed by atoms with Gasteiger partial charge in [-0.05, 0) is 19.9 Å². The fourth-order valence-corrected chi connectivity index (χ4v) is 0.781. The first-order chi connectivity index (χ1) is 5.18. The number of aliphatic carboxylic acids is 1. The van der Waals surface area contributed by atoms with Crippen molar-refractivity contribution in [2.45, 2.75) is 46.6 Å². The maximum absolute atomic E-state index is 10.3. The van der Waals surface area contributed by atoms with Gasteiger partial charge >= 0.3 is 35.5 Å². The van der Waals surface area contributed by atoms with Gasteiger partial charge in [-0.25, -0.2) is 0 Å². The first-order valence-electron chi connectivity index (χ1n) is 4.14. The van der Waals surface area contributed by atoms with Gasteiger partial charge in [0.2, 0.25) is 0 Å². The molecular formula is C9H22NNaO2. The van der Waals surface area contributed by atoms with Crippen LogP contribution in [-0.4, -0.2) is 53.2 Å². The van der Waals surface area contributed by atoms with E-state index in [9.17, 15) is 4.79 Å². The summed E-state index contributed by atoms with van der Waals surface area (Å²) in [6.07, 6.45) is 3.40. The Morgan fingerprint density at radius 3 is 2.38 bits per heavy atom. The Labute approximate surface area is 104 Å². The van der Waals surface area contributed by atoms with Crippen molar-refractivity contribution < 1.29 is 9.90 Å². The average molecular weight is 199 g/mol. The van der Waals surface area contributed by atoms with Crippen molar-refractivity contribution in [3.63, 3.8) is 0 Å². The molecule has 2 N–H and O–H groups in total. The molecule has 0 amide bonds. The van der Waals surface area contributed by atoms with Gasteiger partial charge in [-0.3, -0.25) is 4.79 Å². The number of hydrogen-bond donors (Lipinski definition) is 2. The SMILES string of the molecule is C.CCCCCNC(C)C(=O)O.[NaH]. The summed E-state index contributed by atoms with van der Waals surface area (Å²) in [5.74, 6) is -0.776. The topological polar surface area (TPSA) is 49.3 Å². The molecule has 0 saturated carbocycles. The van der Waals surface area contributed by atoms with Gasteiger partial charge in [-0.15, -0.1) is 0 Å². The van der Waals surface area contributed by atoms with Gasteiger partial charge in [-0.1, -0.05) is 27.2 Å². The zero-order valence-electron chi connectivity index (χ0n) is 7.26. The zero-order chi connectivity index (χ0) is 8.69. The van der Waals surface area contributed by atoms with E-state index in [4.69, 9.17) is 5.11 Å². The van der Waals surface area contributed by atoms with Gasteiger partial charge in [0.05, 0.1) is 0 Å². The number of carbonyl (C=O) groups is 1. The predicted molar refractivity (Wildman–Crippen MR) is 58.5 cm³/mol. The molecule has 1 unspecified atom stereocenters. The molecule has 0 aliphatic carbocycles. The summed E-state index contributed by atoms with van der Waals surface area (Å²) < 4.78 is 0. The molecular weight excluding hydrogens is 177 g/mol. The molecule has 1 atom stereocenters. The second kappa shape index (κ2) is 12.4. The van der Waals surface area contributed by atoms with E-state index < -0.39 is 12.0 Å². The Morgan fingerprint density at radius 2 is 2.00 bits per heavy atom. The maximum atomic E-state index is 10.3. The molecule has 13 heavy (non-hydrogen) atoms. The van der Waals surface area contributed by atoms with Crippen LogP contribution >= 0.6 is 0 Å². The molecule has 0 heterocycles. The van der Waals surface area contributed by atoms with Gasteiger partial charge in [0.25, 0.3) is 0 Å². The van der Waals surface area contributed by atoms with Crippen LogP contribution < -0.4 is 5.32 Å². The van der Waals surface area contributed by atoms with Crippen LogP contribution in [0, 0.1) is 0 Å². The van der Waals surface area contributed by atoms with Crippen molar-refractivity contribution in [1.82, 2.24) is 5.32 Å². The van der Waals surface area contributed by atoms with Crippen LogP contribution in [0.3, 0.4) is 0 Å². The minimum atomic E-state index is -0.776. The van der Waals surface area contributed by atoms with Gasteiger partial charge in [0.15, 0.2) is 0 Å². The Morgan fingerprint density at radius 1 is 1.46 bits per heavy atom. The molecule has 0 bridgehead atoms. The van der Waals surface area contributed by atoms with Crippen LogP contribution in [0.2, 0.25) is 0 Å². The summed E-state index contributed by atoms with van der Waals surface area (Å²) in [7, 11) is 0. The van der Waals surface area contributed by atoms with E-state index in [1.807, 2.05) is 0 Å². The molecule has 0 rings (SSSR count). The summed E-state index contributed by atoms with van der Waals surface area (Å²) in [4.78, 5) is 10.3. The summed E-state index contributed by atoms with van der Waals surface area (Å²) in [6, 6.07) is -0.410. The predicted octanol–water partition coefficient (Wildman–Crippen LogP) is 1.23. The fourth-order valence-electron chi connectivity index (χ4n) is 0.781. The number of carboxylic acids is 1. The average Bonchev–Trinajstić information content (AvgIpc) is 1.97. The zero-order valence-corrected chi connectivity index (χ0v) is 7.26. The van der Waals surface area contributed by atoms with E-state index in [1.54, 1.807) is 6.92 Å². The Kier molecular flexibility index (Phi) is 18.2. The van der Waals surface area contributed by atoms with Crippen molar-refractivity contribution in [2.75, 3.05) is 6.54 Å². The van der Waals surface area contributed by atoms with Crippen molar-refractivity contribution in [3.8, 4) is 0 Å². The Hall–Kier alpha value is 0.430. The second-order valence-corrected chi connectivity index (χ2v) is 2.72. The van der Waals surface area contributed by atoms with Crippen molar-refractivity contribution in [3.05, 3.63) is 0 Å². The third-order valence-corrected chi connectivity index (χ3v) is 1.60. The number of rotatable bonds is 6. The monoisotopic (exact) mass is 199 g/mol. The first kappa shape index (κ1) is 19.1. The van der Waals surface area contributed by atoms with Crippen molar-refractivity contribution >= 4 is 35.5 Å². The third kappa shape index (κ3) is 12.4. The second-order valence-electron chi connectivity index (χ2n) is 2.72. The molecule has 0 spiro atoms. The van der Waals surface area contributed by atoms with Gasteiger partial charge in [0.1, 0.15) is 6.04 Å². The normalized spacial score (nSPS) is 10.9. The molecule has 0 aromatic carbocycles. The van der Waals surface area contributed by atoms with Gasteiger partial charge in [-0.2, -0.15) is 0 Å². The van der Waals surface area contributed by atoms with E-state index in [-0.39, 0.29) is 37.0 Å². The van der Waals surface area contributed by atoms with E-state index in [2.05, 4.69) is 12.2 Å². The standard InChI is InChI=1S/C8H17NO2.CH4.Na.H/c1-3-4-5-6-9-7(2)8(10)11;;;/h7,9H,3-6H2,1-2H3,(H,10,11);1H4;;.